The maximum Gasteiger partial charge on any atom is 0.128 e. The van der Waals surface area contributed by atoms with E-state index in [0.29, 0.717) is 6.42 Å². The molecule has 1 atom stereocenters. The topological polar surface area (TPSA) is 38.0 Å². The number of hydrogen-bond donors (Lipinski definition) is 2. The Hall–Kier alpha value is -1.85. The standard InChI is InChI=1S/C14H13F3N2/c15-10-3-1-9(2-4-10)7-14(19-18)12-8-11(16)5-6-13(12)17/h1-6,8,14,19H,7,18H2. The van der Waals surface area contributed by atoms with Crippen LogP contribution in [0.5, 0.6) is 0 Å². The molecule has 0 saturated heterocycles. The van der Waals surface area contributed by atoms with Crippen molar-refractivity contribution in [2.24, 2.45) is 5.84 Å². The minimum atomic E-state index is -0.582. The lowest BCUT2D eigenvalue weighted by Gasteiger charge is -2.17. The van der Waals surface area contributed by atoms with Crippen LogP contribution < -0.4 is 11.3 Å². The Kier molecular flexibility index (Phi) is 4.19. The van der Waals surface area contributed by atoms with Gasteiger partial charge in [-0.3, -0.25) is 11.3 Å². The third-order valence-corrected chi connectivity index (χ3v) is 2.89. The summed E-state index contributed by atoms with van der Waals surface area (Å²) in [6, 6.07) is 8.40. The van der Waals surface area contributed by atoms with Gasteiger partial charge in [-0.2, -0.15) is 0 Å². The molecule has 0 bridgehead atoms. The number of hydrazine groups is 1. The number of hydrogen-bond acceptors (Lipinski definition) is 2. The Labute approximate surface area is 109 Å². The van der Waals surface area contributed by atoms with E-state index in [4.69, 9.17) is 5.84 Å². The fourth-order valence-corrected chi connectivity index (χ4v) is 1.90. The van der Waals surface area contributed by atoms with Crippen molar-refractivity contribution in [3.05, 3.63) is 71.0 Å². The van der Waals surface area contributed by atoms with Gasteiger partial charge in [0, 0.05) is 5.56 Å². The van der Waals surface area contributed by atoms with Crippen LogP contribution in [0.4, 0.5) is 13.2 Å². The normalized spacial score (nSPS) is 12.4. The molecule has 0 spiro atoms. The molecule has 0 aliphatic heterocycles. The van der Waals surface area contributed by atoms with E-state index in [1.54, 1.807) is 12.1 Å². The molecule has 2 rings (SSSR count). The van der Waals surface area contributed by atoms with Crippen LogP contribution in [0.1, 0.15) is 17.2 Å². The van der Waals surface area contributed by atoms with Crippen LogP contribution in [-0.2, 0) is 6.42 Å². The van der Waals surface area contributed by atoms with Gasteiger partial charge in [0.1, 0.15) is 17.5 Å². The lowest BCUT2D eigenvalue weighted by Crippen LogP contribution is -2.30. The predicted octanol–water partition coefficient (Wildman–Crippen LogP) is 2.85. The maximum atomic E-state index is 13.7. The fraction of sp³-hybridized carbons (Fsp3) is 0.143. The first kappa shape index (κ1) is 13.6. The van der Waals surface area contributed by atoms with E-state index in [1.807, 2.05) is 0 Å². The Balaban J connectivity index is 2.24. The molecule has 1 unspecified atom stereocenters. The summed E-state index contributed by atoms with van der Waals surface area (Å²) in [7, 11) is 0. The SMILES string of the molecule is NNC(Cc1ccc(F)cc1)c1cc(F)ccc1F. The molecule has 0 radical (unpaired) electrons. The van der Waals surface area contributed by atoms with Gasteiger partial charge in [-0.1, -0.05) is 12.1 Å². The van der Waals surface area contributed by atoms with Crippen molar-refractivity contribution in [1.29, 1.82) is 0 Å². The summed E-state index contributed by atoms with van der Waals surface area (Å²) >= 11 is 0. The molecular weight excluding hydrogens is 253 g/mol. The van der Waals surface area contributed by atoms with Gasteiger partial charge in [0.25, 0.3) is 0 Å². The Morgan fingerprint density at radius 1 is 0.947 bits per heavy atom. The molecule has 100 valence electrons. The molecule has 0 saturated carbocycles. The van der Waals surface area contributed by atoms with Crippen LogP contribution in [0.15, 0.2) is 42.5 Å². The summed E-state index contributed by atoms with van der Waals surface area (Å²) in [4.78, 5) is 0. The van der Waals surface area contributed by atoms with Crippen molar-refractivity contribution < 1.29 is 13.2 Å². The summed E-state index contributed by atoms with van der Waals surface area (Å²) in [5, 5.41) is 0. The highest BCUT2D eigenvalue weighted by atomic mass is 19.1. The molecule has 0 fully saturated rings. The van der Waals surface area contributed by atoms with Crippen LogP contribution in [0, 0.1) is 17.5 Å². The third kappa shape index (κ3) is 3.33. The van der Waals surface area contributed by atoms with Crippen molar-refractivity contribution in [3.63, 3.8) is 0 Å². The quantitative estimate of drug-likeness (QED) is 0.659. The first-order chi connectivity index (χ1) is 9.10. The number of halogens is 3. The van der Waals surface area contributed by atoms with Crippen molar-refractivity contribution in [2.45, 2.75) is 12.5 Å². The van der Waals surface area contributed by atoms with Gasteiger partial charge in [0.2, 0.25) is 0 Å². The minimum Gasteiger partial charge on any atom is -0.271 e. The van der Waals surface area contributed by atoms with Crippen LogP contribution in [0.3, 0.4) is 0 Å². The summed E-state index contributed by atoms with van der Waals surface area (Å²) in [6.45, 7) is 0. The zero-order valence-electron chi connectivity index (χ0n) is 10.0. The van der Waals surface area contributed by atoms with Crippen LogP contribution >= 0.6 is 0 Å². The van der Waals surface area contributed by atoms with E-state index in [9.17, 15) is 13.2 Å². The van der Waals surface area contributed by atoms with E-state index >= 15 is 0 Å². The molecular formula is C14H13F3N2. The molecule has 2 aromatic rings. The molecule has 0 aromatic heterocycles. The van der Waals surface area contributed by atoms with Gasteiger partial charge in [-0.25, -0.2) is 13.2 Å². The molecule has 2 aromatic carbocycles. The van der Waals surface area contributed by atoms with E-state index in [1.165, 1.54) is 12.1 Å². The predicted molar refractivity (Wildman–Crippen MR) is 66.5 cm³/mol. The van der Waals surface area contributed by atoms with Crippen LogP contribution in [-0.4, -0.2) is 0 Å². The van der Waals surface area contributed by atoms with Crippen LogP contribution in [0.25, 0.3) is 0 Å². The second-order valence-electron chi connectivity index (χ2n) is 4.22. The summed E-state index contributed by atoms with van der Waals surface area (Å²) in [6.07, 6.45) is 0.331. The Morgan fingerprint density at radius 2 is 1.58 bits per heavy atom. The zero-order chi connectivity index (χ0) is 13.8. The minimum absolute atomic E-state index is 0.145. The lowest BCUT2D eigenvalue weighted by atomic mass is 9.99. The highest BCUT2D eigenvalue weighted by Crippen LogP contribution is 2.21. The molecule has 0 heterocycles. The highest BCUT2D eigenvalue weighted by molar-refractivity contribution is 5.26. The number of benzene rings is 2. The molecule has 2 nitrogen and oxygen atoms in total. The first-order valence-electron chi connectivity index (χ1n) is 5.75. The summed E-state index contributed by atoms with van der Waals surface area (Å²) in [5.41, 5.74) is 3.37. The van der Waals surface area contributed by atoms with E-state index < -0.39 is 17.7 Å². The monoisotopic (exact) mass is 266 g/mol. The smallest absolute Gasteiger partial charge is 0.128 e. The maximum absolute atomic E-state index is 13.7. The van der Waals surface area contributed by atoms with E-state index in [2.05, 4.69) is 5.43 Å². The van der Waals surface area contributed by atoms with Gasteiger partial charge in [0.15, 0.2) is 0 Å². The molecule has 5 heteroatoms. The number of nitrogens with two attached hydrogens (primary N) is 1. The second-order valence-corrected chi connectivity index (χ2v) is 4.22. The average molecular weight is 266 g/mol. The Morgan fingerprint density at radius 3 is 2.21 bits per heavy atom. The van der Waals surface area contributed by atoms with Gasteiger partial charge in [-0.15, -0.1) is 0 Å². The van der Waals surface area contributed by atoms with Gasteiger partial charge in [-0.05, 0) is 42.3 Å². The number of nitrogens with one attached hydrogen (secondary N) is 1. The van der Waals surface area contributed by atoms with Crippen molar-refractivity contribution >= 4 is 0 Å². The third-order valence-electron chi connectivity index (χ3n) is 2.89. The van der Waals surface area contributed by atoms with Crippen molar-refractivity contribution in [1.82, 2.24) is 5.43 Å². The summed E-state index contributed by atoms with van der Waals surface area (Å²) < 4.78 is 39.6. The van der Waals surface area contributed by atoms with Crippen LogP contribution in [0.2, 0.25) is 0 Å². The van der Waals surface area contributed by atoms with Gasteiger partial charge in [0.05, 0.1) is 6.04 Å². The van der Waals surface area contributed by atoms with Crippen molar-refractivity contribution in [3.8, 4) is 0 Å². The molecule has 0 aliphatic rings. The van der Waals surface area contributed by atoms with Gasteiger partial charge >= 0.3 is 0 Å². The molecule has 0 aliphatic carbocycles. The fourth-order valence-electron chi connectivity index (χ4n) is 1.90. The van der Waals surface area contributed by atoms with Crippen molar-refractivity contribution in [2.75, 3.05) is 0 Å². The Bertz CT molecular complexity index is 555. The van der Waals surface area contributed by atoms with Gasteiger partial charge < -0.3 is 0 Å². The molecule has 0 amide bonds. The van der Waals surface area contributed by atoms with E-state index in [0.717, 1.165) is 23.8 Å². The molecule has 3 N–H and O–H groups in total. The largest absolute Gasteiger partial charge is 0.271 e. The number of rotatable bonds is 4. The summed E-state index contributed by atoms with van der Waals surface area (Å²) in [5.74, 6) is 3.97. The lowest BCUT2D eigenvalue weighted by molar-refractivity contribution is 0.502. The zero-order valence-corrected chi connectivity index (χ0v) is 10.0. The molecule has 19 heavy (non-hydrogen) atoms. The highest BCUT2D eigenvalue weighted by Gasteiger charge is 2.16. The average Bonchev–Trinajstić information content (AvgIpc) is 2.41. The van der Waals surface area contributed by atoms with E-state index in [-0.39, 0.29) is 11.4 Å². The second kappa shape index (κ2) is 5.86. The first-order valence-corrected chi connectivity index (χ1v) is 5.75.